The fourth-order valence-electron chi connectivity index (χ4n) is 6.30. The van der Waals surface area contributed by atoms with Crippen LogP contribution in [0.25, 0.3) is 0 Å². The zero-order valence-corrected chi connectivity index (χ0v) is 21.3. The molecule has 0 amide bonds. The van der Waals surface area contributed by atoms with Crippen molar-refractivity contribution in [3.8, 4) is 0 Å². The second-order valence-electron chi connectivity index (χ2n) is 11.1. The molecule has 2 saturated carbocycles. The summed E-state index contributed by atoms with van der Waals surface area (Å²) in [5, 5.41) is 0. The van der Waals surface area contributed by atoms with Gasteiger partial charge in [0.05, 0.1) is 6.10 Å². The van der Waals surface area contributed by atoms with Gasteiger partial charge in [-0.25, -0.2) is 4.39 Å². The van der Waals surface area contributed by atoms with Crippen molar-refractivity contribution in [2.45, 2.75) is 121 Å². The van der Waals surface area contributed by atoms with Crippen LogP contribution >= 0.6 is 0 Å². The quantitative estimate of drug-likeness (QED) is 0.182. The van der Waals surface area contributed by atoms with Crippen molar-refractivity contribution in [3.63, 3.8) is 0 Å². The van der Waals surface area contributed by atoms with Crippen LogP contribution in [0.2, 0.25) is 0 Å². The van der Waals surface area contributed by atoms with E-state index in [1.165, 1.54) is 63.9 Å². The van der Waals surface area contributed by atoms with Crippen LogP contribution in [0.4, 0.5) is 30.7 Å². The van der Waals surface area contributed by atoms with E-state index in [1.54, 1.807) is 12.2 Å². The van der Waals surface area contributed by atoms with Gasteiger partial charge in [0.1, 0.15) is 0 Å². The molecule has 0 radical (unpaired) electrons. The number of rotatable bonds is 12. The Balaban J connectivity index is 1.41. The van der Waals surface area contributed by atoms with Crippen LogP contribution < -0.4 is 0 Å². The van der Waals surface area contributed by atoms with Gasteiger partial charge >= 0.3 is 18.0 Å². The first-order valence-corrected chi connectivity index (χ1v) is 13.8. The minimum Gasteiger partial charge on any atom is -0.308 e. The minimum absolute atomic E-state index is 0.110. The summed E-state index contributed by atoms with van der Waals surface area (Å²) in [6.45, 7) is -0.658. The molecule has 3 aliphatic rings. The molecule has 2 fully saturated rings. The average Bonchev–Trinajstić information content (AvgIpc) is 2.87. The second kappa shape index (κ2) is 12.7. The van der Waals surface area contributed by atoms with E-state index in [2.05, 4.69) is 11.7 Å². The van der Waals surface area contributed by atoms with E-state index in [-0.39, 0.29) is 12.3 Å². The minimum atomic E-state index is -5.95. The van der Waals surface area contributed by atoms with Gasteiger partial charge in [-0.1, -0.05) is 70.1 Å². The van der Waals surface area contributed by atoms with Crippen molar-refractivity contribution in [2.24, 2.45) is 23.7 Å². The number of allylic oxidation sites excluding steroid dienone is 2. The Morgan fingerprint density at radius 3 is 1.97 bits per heavy atom. The van der Waals surface area contributed by atoms with E-state index in [0.717, 1.165) is 49.0 Å². The number of ether oxygens (including phenoxy) is 1. The van der Waals surface area contributed by atoms with Gasteiger partial charge in [0.15, 0.2) is 6.67 Å². The lowest BCUT2D eigenvalue weighted by molar-refractivity contribution is -0.405. The normalized spacial score (nSPS) is 30.3. The number of hydrogen-bond acceptors (Lipinski definition) is 1. The predicted molar refractivity (Wildman–Crippen MR) is 127 cm³/mol. The Bertz CT molecular complexity index is 732. The van der Waals surface area contributed by atoms with Crippen LogP contribution in [0.3, 0.4) is 0 Å². The highest BCUT2D eigenvalue weighted by atomic mass is 19.4. The van der Waals surface area contributed by atoms with Gasteiger partial charge in [-0.15, -0.1) is 0 Å². The Labute approximate surface area is 210 Å². The topological polar surface area (TPSA) is 9.23 Å². The zero-order chi connectivity index (χ0) is 26.4. The van der Waals surface area contributed by atoms with Gasteiger partial charge < -0.3 is 4.74 Å². The van der Waals surface area contributed by atoms with E-state index in [4.69, 9.17) is 0 Å². The van der Waals surface area contributed by atoms with E-state index in [0.29, 0.717) is 0 Å². The van der Waals surface area contributed by atoms with E-state index in [9.17, 15) is 30.7 Å². The van der Waals surface area contributed by atoms with Crippen molar-refractivity contribution in [2.75, 3.05) is 6.67 Å². The maximum absolute atomic E-state index is 13.8. The molecule has 1 atom stereocenters. The first-order valence-electron chi connectivity index (χ1n) is 13.8. The summed E-state index contributed by atoms with van der Waals surface area (Å²) in [6, 6.07) is 0. The first-order chi connectivity index (χ1) is 17.0. The van der Waals surface area contributed by atoms with Gasteiger partial charge in [0.2, 0.25) is 0 Å². The molecule has 208 valence electrons. The van der Waals surface area contributed by atoms with Crippen LogP contribution in [-0.4, -0.2) is 30.7 Å². The molecule has 3 rings (SSSR count). The molecule has 8 heteroatoms. The van der Waals surface area contributed by atoms with Crippen molar-refractivity contribution >= 4 is 0 Å². The lowest BCUT2D eigenvalue weighted by Crippen LogP contribution is -2.57. The largest absolute Gasteiger partial charge is 0.426 e. The number of hydrogen-bond donors (Lipinski definition) is 0. The molecular weight excluding hydrogens is 485 g/mol. The van der Waals surface area contributed by atoms with Gasteiger partial charge in [0, 0.05) is 0 Å². The Hall–Kier alpha value is -1.05. The van der Waals surface area contributed by atoms with Crippen LogP contribution in [-0.2, 0) is 4.74 Å². The summed E-state index contributed by atoms with van der Waals surface area (Å²) >= 11 is 0. The molecule has 0 aromatic rings. The molecule has 0 aliphatic heterocycles. The lowest BCUT2D eigenvalue weighted by Gasteiger charge is -2.38. The standard InChI is InChI=1S/C28H41F7O/c1-2-3-4-5-6-20-7-9-21(10-8-20)22-11-13-23(14-12-22)24-15-17-25(18-16-24)36-28(34,35)27(32,33)26(30,31)19-29/h15-17,20-23,25H,2-14,18-19H2,1H3. The molecule has 1 nitrogen and oxygen atoms in total. The molecule has 0 heterocycles. The second-order valence-corrected chi connectivity index (χ2v) is 11.1. The average molecular weight is 527 g/mol. The molecule has 1 unspecified atom stereocenters. The molecule has 0 spiro atoms. The van der Waals surface area contributed by atoms with Crippen LogP contribution in [0.1, 0.15) is 96.8 Å². The summed E-state index contributed by atoms with van der Waals surface area (Å²) in [7, 11) is 0. The van der Waals surface area contributed by atoms with Gasteiger partial charge in [0.25, 0.3) is 0 Å². The molecule has 36 heavy (non-hydrogen) atoms. The molecule has 0 bridgehead atoms. The fourth-order valence-corrected chi connectivity index (χ4v) is 6.30. The number of unbranched alkanes of at least 4 members (excludes halogenated alkanes) is 3. The van der Waals surface area contributed by atoms with E-state index < -0.39 is 30.7 Å². The third-order valence-corrected chi connectivity index (χ3v) is 8.65. The third-order valence-electron chi connectivity index (χ3n) is 8.65. The summed E-state index contributed by atoms with van der Waals surface area (Å²) in [5.74, 6) is -8.77. The Kier molecular flexibility index (Phi) is 10.4. The lowest BCUT2D eigenvalue weighted by atomic mass is 9.67. The monoisotopic (exact) mass is 526 g/mol. The fraction of sp³-hybridized carbons (Fsp3) is 0.857. The zero-order valence-electron chi connectivity index (χ0n) is 21.3. The van der Waals surface area contributed by atoms with Crippen molar-refractivity contribution in [1.29, 1.82) is 0 Å². The predicted octanol–water partition coefficient (Wildman–Crippen LogP) is 9.67. The summed E-state index contributed by atoms with van der Waals surface area (Å²) in [6.07, 6.45) is 13.7. The smallest absolute Gasteiger partial charge is 0.308 e. The van der Waals surface area contributed by atoms with Gasteiger partial charge in [-0.2, -0.15) is 26.3 Å². The van der Waals surface area contributed by atoms with E-state index >= 15 is 0 Å². The highest BCUT2D eigenvalue weighted by Crippen LogP contribution is 2.48. The highest BCUT2D eigenvalue weighted by Gasteiger charge is 2.73. The molecule has 0 saturated heterocycles. The molecule has 0 N–H and O–H groups in total. The molecule has 0 aromatic heterocycles. The van der Waals surface area contributed by atoms with Crippen LogP contribution in [0, 0.1) is 23.7 Å². The summed E-state index contributed by atoms with van der Waals surface area (Å²) in [4.78, 5) is 0. The number of alkyl halides is 7. The van der Waals surface area contributed by atoms with Crippen LogP contribution in [0.15, 0.2) is 23.8 Å². The third kappa shape index (κ3) is 7.08. The first kappa shape index (κ1) is 29.5. The van der Waals surface area contributed by atoms with Crippen molar-refractivity contribution in [3.05, 3.63) is 23.8 Å². The maximum atomic E-state index is 13.8. The molecule has 3 aliphatic carbocycles. The summed E-state index contributed by atoms with van der Waals surface area (Å²) in [5.41, 5.74) is 0.966. The Morgan fingerprint density at radius 2 is 1.44 bits per heavy atom. The summed E-state index contributed by atoms with van der Waals surface area (Å²) < 4.78 is 96.9. The number of halogens is 7. The SMILES string of the molecule is CCCCCCC1CCC(C2CCC(C3=CCC(OC(F)(F)C(F)(F)C(F)(F)CF)C=C3)CC2)CC1. The molecule has 0 aromatic carbocycles. The van der Waals surface area contributed by atoms with E-state index in [1.807, 2.05) is 0 Å². The van der Waals surface area contributed by atoms with Gasteiger partial charge in [-0.05, 0) is 74.2 Å². The van der Waals surface area contributed by atoms with Crippen molar-refractivity contribution < 1.29 is 35.5 Å². The highest BCUT2D eigenvalue weighted by molar-refractivity contribution is 5.27. The molecular formula is C28H41F7O. The Morgan fingerprint density at radius 1 is 0.833 bits per heavy atom. The van der Waals surface area contributed by atoms with Crippen LogP contribution in [0.5, 0.6) is 0 Å². The maximum Gasteiger partial charge on any atom is 0.426 e. The van der Waals surface area contributed by atoms with Gasteiger partial charge in [-0.3, -0.25) is 0 Å². The van der Waals surface area contributed by atoms with Crippen molar-refractivity contribution in [1.82, 2.24) is 0 Å².